The third kappa shape index (κ3) is 2.66. The minimum Gasteiger partial charge on any atom is -0.454 e. The minimum atomic E-state index is -0.752. The van der Waals surface area contributed by atoms with E-state index >= 15 is 0 Å². The van der Waals surface area contributed by atoms with Gasteiger partial charge in [-0.1, -0.05) is 5.16 Å². The molecule has 1 fully saturated rings. The number of carbonyl (C=O) groups is 2. The first-order valence-corrected chi connectivity index (χ1v) is 8.30. The van der Waals surface area contributed by atoms with E-state index in [4.69, 9.17) is 14.0 Å². The molecule has 3 aliphatic rings. The molecule has 1 aromatic heterocycles. The number of urea groups is 1. The lowest BCUT2D eigenvalue weighted by atomic mass is 9.94. The maximum Gasteiger partial charge on any atom is 0.351 e. The third-order valence-electron chi connectivity index (χ3n) is 4.44. The quantitative estimate of drug-likeness (QED) is 0.801. The van der Waals surface area contributed by atoms with E-state index < -0.39 is 17.9 Å². The number of halogens is 1. The van der Waals surface area contributed by atoms with Crippen LogP contribution in [0.15, 0.2) is 57.5 Å². The molecule has 0 N–H and O–H groups in total. The Morgan fingerprint density at radius 3 is 2.75 bits per heavy atom. The Morgan fingerprint density at radius 2 is 1.93 bits per heavy atom. The van der Waals surface area contributed by atoms with Gasteiger partial charge in [0.2, 0.25) is 24.4 Å². The fourth-order valence-electron chi connectivity index (χ4n) is 3.05. The summed E-state index contributed by atoms with van der Waals surface area (Å²) < 4.78 is 28.7. The van der Waals surface area contributed by atoms with Crippen molar-refractivity contribution in [2.45, 2.75) is 6.54 Å². The Morgan fingerprint density at radius 1 is 1.14 bits per heavy atom. The van der Waals surface area contributed by atoms with Gasteiger partial charge in [0.25, 0.3) is 0 Å². The summed E-state index contributed by atoms with van der Waals surface area (Å²) in [6.45, 7) is -0.173. The molecule has 5 rings (SSSR count). The fraction of sp³-hybridized carbons (Fsp3) is 0.167. The van der Waals surface area contributed by atoms with Gasteiger partial charge in [-0.05, 0) is 30.3 Å². The van der Waals surface area contributed by atoms with Crippen LogP contribution in [-0.2, 0) is 20.8 Å². The van der Waals surface area contributed by atoms with Crippen LogP contribution in [-0.4, -0.2) is 39.5 Å². The van der Waals surface area contributed by atoms with E-state index in [1.54, 1.807) is 6.08 Å². The lowest BCUT2D eigenvalue weighted by Crippen LogP contribution is -2.46. The molecule has 3 amide bonds. The van der Waals surface area contributed by atoms with Crippen molar-refractivity contribution >= 4 is 17.6 Å². The molecule has 0 bridgehead atoms. The van der Waals surface area contributed by atoms with E-state index in [0.717, 1.165) is 4.90 Å². The van der Waals surface area contributed by atoms with Crippen LogP contribution < -0.4 is 0 Å². The first-order chi connectivity index (χ1) is 13.6. The van der Waals surface area contributed by atoms with Crippen LogP contribution in [0, 0.1) is 11.7 Å². The second-order valence-corrected chi connectivity index (χ2v) is 6.19. The van der Waals surface area contributed by atoms with Crippen molar-refractivity contribution in [2.75, 3.05) is 6.79 Å². The number of carbonyl (C=O) groups excluding carboxylic acids is 2. The Bertz CT molecular complexity index is 1090. The zero-order valence-corrected chi connectivity index (χ0v) is 14.2. The van der Waals surface area contributed by atoms with Gasteiger partial charge in [0.05, 0.1) is 5.71 Å². The van der Waals surface area contributed by atoms with Gasteiger partial charge >= 0.3 is 6.03 Å². The molecule has 9 nitrogen and oxygen atoms in total. The number of allylic oxidation sites excluding steroid dienone is 1. The topological polar surface area (TPSA) is 107 Å². The SMILES string of the molecule is O=C1N=C2C=C3OCOC3=CC2C(=O)N1Cc1nc(-c2ccc(F)cc2)no1. The zero-order valence-electron chi connectivity index (χ0n) is 14.2. The highest BCUT2D eigenvalue weighted by atomic mass is 19.1. The van der Waals surface area contributed by atoms with Crippen LogP contribution in [0.2, 0.25) is 0 Å². The van der Waals surface area contributed by atoms with Crippen molar-refractivity contribution in [2.24, 2.45) is 10.9 Å². The molecular formula is C18H11FN4O5. The predicted octanol–water partition coefficient (Wildman–Crippen LogP) is 2.18. The van der Waals surface area contributed by atoms with Gasteiger partial charge in [0.15, 0.2) is 11.5 Å². The smallest absolute Gasteiger partial charge is 0.351 e. The van der Waals surface area contributed by atoms with Crippen LogP contribution in [0.5, 0.6) is 0 Å². The number of ether oxygens (including phenoxy) is 2. The van der Waals surface area contributed by atoms with E-state index in [9.17, 15) is 14.0 Å². The fourth-order valence-corrected chi connectivity index (χ4v) is 3.05. The second kappa shape index (κ2) is 6.12. The molecule has 1 unspecified atom stereocenters. The van der Waals surface area contributed by atoms with E-state index in [-0.39, 0.29) is 30.9 Å². The lowest BCUT2D eigenvalue weighted by molar-refractivity contribution is -0.130. The number of fused-ring (bicyclic) bond motifs is 2. The number of rotatable bonds is 3. The molecule has 1 aromatic carbocycles. The highest BCUT2D eigenvalue weighted by Gasteiger charge is 2.40. The largest absolute Gasteiger partial charge is 0.454 e. The molecule has 1 atom stereocenters. The van der Waals surface area contributed by atoms with Gasteiger partial charge in [-0.3, -0.25) is 9.69 Å². The molecular weight excluding hydrogens is 371 g/mol. The number of aliphatic imine (C=N–C) groups is 1. The number of nitrogens with zero attached hydrogens (tertiary/aromatic N) is 4. The minimum absolute atomic E-state index is 0.0532. The molecule has 2 aliphatic heterocycles. The molecule has 0 saturated carbocycles. The average Bonchev–Trinajstić information content (AvgIpc) is 3.33. The molecule has 1 aliphatic carbocycles. The van der Waals surface area contributed by atoms with Crippen molar-refractivity contribution in [3.63, 3.8) is 0 Å². The van der Waals surface area contributed by atoms with Crippen molar-refractivity contribution in [1.82, 2.24) is 15.0 Å². The van der Waals surface area contributed by atoms with Crippen molar-refractivity contribution in [3.05, 3.63) is 59.6 Å². The van der Waals surface area contributed by atoms with Gasteiger partial charge in [-0.15, -0.1) is 0 Å². The Labute approximate surface area is 156 Å². The van der Waals surface area contributed by atoms with Crippen molar-refractivity contribution in [1.29, 1.82) is 0 Å². The molecule has 0 spiro atoms. The van der Waals surface area contributed by atoms with Crippen LogP contribution in [0.1, 0.15) is 5.89 Å². The normalized spacial score (nSPS) is 20.5. The first kappa shape index (κ1) is 16.4. The molecule has 3 heterocycles. The summed E-state index contributed by atoms with van der Waals surface area (Å²) >= 11 is 0. The first-order valence-electron chi connectivity index (χ1n) is 8.30. The van der Waals surface area contributed by atoms with Crippen molar-refractivity contribution < 1.29 is 28.0 Å². The van der Waals surface area contributed by atoms with Crippen LogP contribution in [0.4, 0.5) is 9.18 Å². The van der Waals surface area contributed by atoms with Gasteiger partial charge in [-0.25, -0.2) is 9.18 Å². The van der Waals surface area contributed by atoms with Gasteiger partial charge in [0.1, 0.15) is 18.3 Å². The predicted molar refractivity (Wildman–Crippen MR) is 89.8 cm³/mol. The number of hydrogen-bond acceptors (Lipinski definition) is 7. The van der Waals surface area contributed by atoms with Crippen LogP contribution in [0.25, 0.3) is 11.4 Å². The van der Waals surface area contributed by atoms with Crippen LogP contribution in [0.3, 0.4) is 0 Å². The summed E-state index contributed by atoms with van der Waals surface area (Å²) in [4.78, 5) is 34.2. The zero-order chi connectivity index (χ0) is 19.3. The van der Waals surface area contributed by atoms with E-state index in [1.165, 1.54) is 30.3 Å². The molecule has 140 valence electrons. The maximum absolute atomic E-state index is 13.0. The molecule has 1 saturated heterocycles. The van der Waals surface area contributed by atoms with Gasteiger partial charge < -0.3 is 14.0 Å². The highest BCUT2D eigenvalue weighted by Crippen LogP contribution is 2.31. The lowest BCUT2D eigenvalue weighted by Gasteiger charge is -2.27. The Kier molecular flexibility index (Phi) is 3.57. The standard InChI is InChI=1S/C18H11FN4O5/c19-10-3-1-9(2-4-10)16-21-15(28-22-16)7-23-17(24)11-5-13-14(27-8-26-13)6-12(11)20-18(23)25/h1-6,11H,7-8H2. The summed E-state index contributed by atoms with van der Waals surface area (Å²) in [6, 6.07) is 4.81. The number of imide groups is 1. The molecule has 2 aromatic rings. The van der Waals surface area contributed by atoms with E-state index in [2.05, 4.69) is 15.1 Å². The number of benzene rings is 1. The Balaban J connectivity index is 1.39. The maximum atomic E-state index is 13.0. The number of aromatic nitrogens is 2. The highest BCUT2D eigenvalue weighted by molar-refractivity contribution is 6.22. The molecule has 28 heavy (non-hydrogen) atoms. The third-order valence-corrected chi connectivity index (χ3v) is 4.44. The van der Waals surface area contributed by atoms with Crippen LogP contribution >= 0.6 is 0 Å². The van der Waals surface area contributed by atoms with E-state index in [1.807, 2.05) is 0 Å². The van der Waals surface area contributed by atoms with E-state index in [0.29, 0.717) is 22.8 Å². The summed E-state index contributed by atoms with van der Waals surface area (Å²) in [5, 5.41) is 3.81. The second-order valence-electron chi connectivity index (χ2n) is 6.19. The summed E-state index contributed by atoms with van der Waals surface area (Å²) in [5.41, 5.74) is 0.842. The summed E-state index contributed by atoms with van der Waals surface area (Å²) in [6.07, 6.45) is 3.10. The number of amides is 3. The average molecular weight is 382 g/mol. The summed E-state index contributed by atoms with van der Waals surface area (Å²) in [5.74, 6) is -0.443. The summed E-state index contributed by atoms with van der Waals surface area (Å²) in [7, 11) is 0. The Hall–Kier alpha value is -3.82. The number of hydrogen-bond donors (Lipinski definition) is 0. The monoisotopic (exact) mass is 382 g/mol. The molecule has 10 heteroatoms. The van der Waals surface area contributed by atoms with Gasteiger partial charge in [0, 0.05) is 11.6 Å². The van der Waals surface area contributed by atoms with Crippen molar-refractivity contribution in [3.8, 4) is 11.4 Å². The molecule has 0 radical (unpaired) electrons. The van der Waals surface area contributed by atoms with Gasteiger partial charge in [-0.2, -0.15) is 9.98 Å².